The van der Waals surface area contributed by atoms with Crippen LogP contribution in [0.25, 0.3) is 0 Å². The molecular formula is C13H15BrF3N. The number of halogens is 4. The molecule has 0 spiro atoms. The van der Waals surface area contributed by atoms with E-state index in [0.717, 1.165) is 25.3 Å². The second-order valence-electron chi connectivity index (χ2n) is 4.95. The van der Waals surface area contributed by atoms with Crippen LogP contribution in [0.5, 0.6) is 0 Å². The fourth-order valence-corrected chi connectivity index (χ4v) is 2.80. The molecule has 1 aromatic carbocycles. The number of rotatable bonds is 2. The zero-order valence-corrected chi connectivity index (χ0v) is 11.6. The molecule has 0 heterocycles. The van der Waals surface area contributed by atoms with Crippen molar-refractivity contribution in [2.24, 2.45) is 5.92 Å². The molecule has 2 atom stereocenters. The van der Waals surface area contributed by atoms with E-state index < -0.39 is 11.7 Å². The van der Waals surface area contributed by atoms with Gasteiger partial charge in [-0.05, 0) is 43.4 Å². The molecular weight excluding hydrogens is 307 g/mol. The maximum Gasteiger partial charge on any atom is 0.418 e. The molecule has 2 unspecified atom stereocenters. The van der Waals surface area contributed by atoms with Crippen LogP contribution in [0.3, 0.4) is 0 Å². The van der Waals surface area contributed by atoms with E-state index in [1.165, 1.54) is 6.07 Å². The lowest BCUT2D eigenvalue weighted by Gasteiger charge is -2.19. The van der Waals surface area contributed by atoms with E-state index in [0.29, 0.717) is 10.4 Å². The van der Waals surface area contributed by atoms with Gasteiger partial charge in [-0.1, -0.05) is 22.9 Å². The summed E-state index contributed by atoms with van der Waals surface area (Å²) in [7, 11) is 0. The minimum absolute atomic E-state index is 0.155. The number of nitrogens with one attached hydrogen (secondary N) is 1. The normalized spacial score (nSPS) is 24.3. The number of hydrogen-bond donors (Lipinski definition) is 1. The monoisotopic (exact) mass is 321 g/mol. The third-order valence-electron chi connectivity index (χ3n) is 3.34. The Bertz CT molecular complexity index is 431. The Morgan fingerprint density at radius 2 is 2.00 bits per heavy atom. The van der Waals surface area contributed by atoms with Crippen molar-refractivity contribution in [3.8, 4) is 0 Å². The first-order valence-corrected chi connectivity index (χ1v) is 6.79. The Morgan fingerprint density at radius 3 is 2.56 bits per heavy atom. The summed E-state index contributed by atoms with van der Waals surface area (Å²) in [4.78, 5) is 0. The molecule has 1 aromatic rings. The van der Waals surface area contributed by atoms with Crippen LogP contribution in [0.2, 0.25) is 0 Å². The summed E-state index contributed by atoms with van der Waals surface area (Å²) in [6.07, 6.45) is -1.37. The third kappa shape index (κ3) is 3.19. The molecule has 0 aliphatic heterocycles. The van der Waals surface area contributed by atoms with Crippen LogP contribution in [-0.4, -0.2) is 6.04 Å². The van der Waals surface area contributed by atoms with Crippen molar-refractivity contribution in [2.45, 2.75) is 38.4 Å². The van der Waals surface area contributed by atoms with Crippen LogP contribution in [0.15, 0.2) is 22.7 Å². The fourth-order valence-electron chi connectivity index (χ4n) is 2.43. The van der Waals surface area contributed by atoms with Gasteiger partial charge in [0.1, 0.15) is 0 Å². The van der Waals surface area contributed by atoms with Crippen LogP contribution in [0, 0.1) is 5.92 Å². The van der Waals surface area contributed by atoms with E-state index >= 15 is 0 Å². The van der Waals surface area contributed by atoms with Gasteiger partial charge in [-0.2, -0.15) is 13.2 Å². The quantitative estimate of drug-likeness (QED) is 0.802. The van der Waals surface area contributed by atoms with E-state index in [2.05, 4.69) is 28.2 Å². The zero-order chi connectivity index (χ0) is 13.3. The highest BCUT2D eigenvalue weighted by Gasteiger charge is 2.34. The molecule has 1 saturated carbocycles. The van der Waals surface area contributed by atoms with Gasteiger partial charge in [-0.25, -0.2) is 0 Å². The minimum atomic E-state index is -4.32. The summed E-state index contributed by atoms with van der Waals surface area (Å²) < 4.78 is 39.2. The van der Waals surface area contributed by atoms with Crippen molar-refractivity contribution >= 4 is 21.6 Å². The minimum Gasteiger partial charge on any atom is -0.382 e. The molecule has 5 heteroatoms. The second-order valence-corrected chi connectivity index (χ2v) is 5.86. The van der Waals surface area contributed by atoms with Gasteiger partial charge in [0.2, 0.25) is 0 Å². The lowest BCUT2D eigenvalue weighted by atomic mass is 10.1. The first kappa shape index (κ1) is 13.7. The number of benzene rings is 1. The smallest absolute Gasteiger partial charge is 0.382 e. The summed E-state index contributed by atoms with van der Waals surface area (Å²) >= 11 is 3.08. The molecule has 0 radical (unpaired) electrons. The molecule has 0 aromatic heterocycles. The molecule has 2 rings (SSSR count). The van der Waals surface area contributed by atoms with Gasteiger partial charge >= 0.3 is 6.18 Å². The Morgan fingerprint density at radius 1 is 1.28 bits per heavy atom. The SMILES string of the molecule is CC1CCC(Nc2ccc(Br)cc2C(F)(F)F)C1. The standard InChI is InChI=1S/C13H15BrF3N/c1-8-2-4-10(6-8)18-12-5-3-9(14)7-11(12)13(15,16)17/h3,5,7-8,10,18H,2,4,6H2,1H3. The summed E-state index contributed by atoms with van der Waals surface area (Å²) in [5.41, 5.74) is -0.416. The van der Waals surface area contributed by atoms with E-state index in [4.69, 9.17) is 0 Å². The molecule has 1 N–H and O–H groups in total. The second kappa shape index (κ2) is 5.11. The Balaban J connectivity index is 2.22. The van der Waals surface area contributed by atoms with Crippen LogP contribution in [0.4, 0.5) is 18.9 Å². The molecule has 18 heavy (non-hydrogen) atoms. The topological polar surface area (TPSA) is 12.0 Å². The van der Waals surface area contributed by atoms with Gasteiger partial charge in [0.15, 0.2) is 0 Å². The maximum atomic E-state index is 12.9. The average Bonchev–Trinajstić information content (AvgIpc) is 2.65. The number of hydrogen-bond acceptors (Lipinski definition) is 1. The summed E-state index contributed by atoms with van der Waals surface area (Å²) in [6.45, 7) is 2.13. The Kier molecular flexibility index (Phi) is 3.90. The van der Waals surface area contributed by atoms with Gasteiger partial charge in [0, 0.05) is 16.2 Å². The fraction of sp³-hybridized carbons (Fsp3) is 0.538. The number of alkyl halides is 3. The maximum absolute atomic E-state index is 12.9. The largest absolute Gasteiger partial charge is 0.418 e. The van der Waals surface area contributed by atoms with Gasteiger partial charge in [-0.15, -0.1) is 0 Å². The van der Waals surface area contributed by atoms with Gasteiger partial charge < -0.3 is 5.32 Å². The summed E-state index contributed by atoms with van der Waals surface area (Å²) in [6, 6.07) is 4.41. The number of anilines is 1. The average molecular weight is 322 g/mol. The van der Waals surface area contributed by atoms with E-state index in [9.17, 15) is 13.2 Å². The lowest BCUT2D eigenvalue weighted by molar-refractivity contribution is -0.137. The van der Waals surface area contributed by atoms with Crippen molar-refractivity contribution < 1.29 is 13.2 Å². The highest BCUT2D eigenvalue weighted by Crippen LogP contribution is 2.38. The van der Waals surface area contributed by atoms with E-state index in [-0.39, 0.29) is 11.7 Å². The van der Waals surface area contributed by atoms with Crippen LogP contribution in [-0.2, 0) is 6.18 Å². The van der Waals surface area contributed by atoms with Crippen LogP contribution < -0.4 is 5.32 Å². The third-order valence-corrected chi connectivity index (χ3v) is 3.83. The predicted molar refractivity (Wildman–Crippen MR) is 69.6 cm³/mol. The van der Waals surface area contributed by atoms with Crippen LogP contribution >= 0.6 is 15.9 Å². The van der Waals surface area contributed by atoms with Gasteiger partial charge in [-0.3, -0.25) is 0 Å². The highest BCUT2D eigenvalue weighted by atomic mass is 79.9. The molecule has 1 nitrogen and oxygen atoms in total. The van der Waals surface area contributed by atoms with Crippen molar-refractivity contribution in [1.29, 1.82) is 0 Å². The molecule has 1 aliphatic rings. The summed E-state index contributed by atoms with van der Waals surface area (Å²) in [5, 5.41) is 3.03. The molecule has 100 valence electrons. The molecule has 1 fully saturated rings. The first-order valence-electron chi connectivity index (χ1n) is 5.99. The first-order chi connectivity index (χ1) is 8.36. The van der Waals surface area contributed by atoms with Gasteiger partial charge in [0.25, 0.3) is 0 Å². The van der Waals surface area contributed by atoms with Gasteiger partial charge in [0.05, 0.1) is 5.56 Å². The van der Waals surface area contributed by atoms with E-state index in [1.807, 2.05) is 0 Å². The van der Waals surface area contributed by atoms with Crippen molar-refractivity contribution in [3.63, 3.8) is 0 Å². The molecule has 0 amide bonds. The highest BCUT2D eigenvalue weighted by molar-refractivity contribution is 9.10. The predicted octanol–water partition coefficient (Wildman–Crippen LogP) is 5.07. The molecule has 0 saturated heterocycles. The Labute approximate surface area is 113 Å². The lowest BCUT2D eigenvalue weighted by Crippen LogP contribution is -2.19. The zero-order valence-electron chi connectivity index (χ0n) is 10.0. The van der Waals surface area contributed by atoms with Crippen LogP contribution in [0.1, 0.15) is 31.7 Å². The van der Waals surface area contributed by atoms with Crippen molar-refractivity contribution in [2.75, 3.05) is 5.32 Å². The van der Waals surface area contributed by atoms with Crippen molar-refractivity contribution in [3.05, 3.63) is 28.2 Å². The van der Waals surface area contributed by atoms with Crippen molar-refractivity contribution in [1.82, 2.24) is 0 Å². The summed E-state index contributed by atoms with van der Waals surface area (Å²) in [5.74, 6) is 0.590. The Hall–Kier alpha value is -0.710. The van der Waals surface area contributed by atoms with E-state index in [1.54, 1.807) is 6.07 Å². The molecule has 1 aliphatic carbocycles. The molecule has 0 bridgehead atoms.